The summed E-state index contributed by atoms with van der Waals surface area (Å²) in [5.41, 5.74) is 1.31. The van der Waals surface area contributed by atoms with Crippen LogP contribution in [0.1, 0.15) is 20.3 Å². The molecular weight excluding hydrogens is 186 g/mol. The van der Waals surface area contributed by atoms with Gasteiger partial charge in [-0.2, -0.15) is 0 Å². The van der Waals surface area contributed by atoms with Crippen LogP contribution < -0.4 is 0 Å². The molecule has 4 fully saturated rings. The van der Waals surface area contributed by atoms with E-state index in [0.29, 0.717) is 17.7 Å². The summed E-state index contributed by atoms with van der Waals surface area (Å²) in [5, 5.41) is 12.5. The van der Waals surface area contributed by atoms with E-state index in [1.807, 2.05) is 0 Å². The highest BCUT2D eigenvalue weighted by Gasteiger charge is 2.82. The van der Waals surface area contributed by atoms with Gasteiger partial charge in [-0.25, -0.2) is 0 Å². The van der Waals surface area contributed by atoms with Crippen molar-refractivity contribution >= 4 is 17.3 Å². The van der Waals surface area contributed by atoms with Gasteiger partial charge in [-0.15, -0.1) is 11.6 Å². The Kier molecular flexibility index (Phi) is 1.18. The van der Waals surface area contributed by atoms with Gasteiger partial charge in [0.2, 0.25) is 0 Å². The summed E-state index contributed by atoms with van der Waals surface area (Å²) in [6.45, 7) is 4.47. The van der Waals surface area contributed by atoms with Crippen molar-refractivity contribution in [3.63, 3.8) is 0 Å². The molecule has 3 heteroatoms. The van der Waals surface area contributed by atoms with Gasteiger partial charge in [-0.1, -0.05) is 19.0 Å². The van der Waals surface area contributed by atoms with Gasteiger partial charge in [-0.3, -0.25) is 0 Å². The molecule has 0 amide bonds. The predicted octanol–water partition coefficient (Wildman–Crippen LogP) is 2.35. The van der Waals surface area contributed by atoms with Crippen molar-refractivity contribution in [3.8, 4) is 0 Å². The third-order valence-electron chi connectivity index (χ3n) is 5.08. The molecule has 0 aromatic carbocycles. The number of rotatable bonds is 1. The fourth-order valence-electron chi connectivity index (χ4n) is 4.12. The second-order valence-corrected chi connectivity index (χ2v) is 5.56. The largest absolute Gasteiger partial charge is 0.411 e. The summed E-state index contributed by atoms with van der Waals surface area (Å²) in [5.74, 6) is 2.75. The van der Waals surface area contributed by atoms with Crippen LogP contribution in [0, 0.1) is 28.6 Å². The van der Waals surface area contributed by atoms with Crippen LogP contribution in [0.5, 0.6) is 0 Å². The second-order valence-electron chi connectivity index (χ2n) is 5.29. The first-order valence-electron chi connectivity index (χ1n) is 4.88. The zero-order valence-electron chi connectivity index (χ0n) is 7.92. The quantitative estimate of drug-likeness (QED) is 0.393. The van der Waals surface area contributed by atoms with Crippen molar-refractivity contribution in [1.82, 2.24) is 0 Å². The maximum Gasteiger partial charge on any atom is 0.0672 e. The van der Waals surface area contributed by atoms with Crippen LogP contribution in [-0.4, -0.2) is 16.8 Å². The van der Waals surface area contributed by atoms with Crippen molar-refractivity contribution in [2.24, 2.45) is 33.7 Å². The van der Waals surface area contributed by atoms with Crippen molar-refractivity contribution < 1.29 is 5.21 Å². The van der Waals surface area contributed by atoms with Crippen LogP contribution in [0.2, 0.25) is 0 Å². The fourth-order valence-corrected chi connectivity index (χ4v) is 4.59. The first kappa shape index (κ1) is 8.10. The van der Waals surface area contributed by atoms with Crippen molar-refractivity contribution in [3.05, 3.63) is 0 Å². The Labute approximate surface area is 83.0 Å². The molecular formula is C10H14ClNO. The molecule has 1 unspecified atom stereocenters. The fraction of sp³-hybridized carbons (Fsp3) is 0.900. The number of hydrogen-bond donors (Lipinski definition) is 1. The average Bonchev–Trinajstić information content (AvgIpc) is 2.54. The number of nitrogens with zero attached hydrogens (tertiary/aromatic N) is 1. The Balaban J connectivity index is 2.15. The Bertz CT molecular complexity index is 316. The predicted molar refractivity (Wildman–Crippen MR) is 51.2 cm³/mol. The van der Waals surface area contributed by atoms with Crippen molar-refractivity contribution in [1.29, 1.82) is 0 Å². The molecule has 0 radical (unpaired) electrons. The molecule has 0 aromatic rings. The molecule has 5 atom stereocenters. The van der Waals surface area contributed by atoms with Gasteiger partial charge < -0.3 is 5.21 Å². The van der Waals surface area contributed by atoms with Gasteiger partial charge in [0.25, 0.3) is 0 Å². The smallest absolute Gasteiger partial charge is 0.0672 e. The molecule has 4 rings (SSSR count). The lowest BCUT2D eigenvalue weighted by atomic mass is 9.70. The molecule has 0 spiro atoms. The third kappa shape index (κ3) is 0.559. The molecule has 4 aliphatic rings. The monoisotopic (exact) mass is 199 g/mol. The highest BCUT2D eigenvalue weighted by Crippen LogP contribution is 2.82. The first-order chi connectivity index (χ1) is 6.10. The van der Waals surface area contributed by atoms with Gasteiger partial charge in [0.1, 0.15) is 0 Å². The van der Waals surface area contributed by atoms with Gasteiger partial charge >= 0.3 is 0 Å². The molecule has 4 aliphatic carbocycles. The van der Waals surface area contributed by atoms with Crippen LogP contribution >= 0.6 is 11.6 Å². The van der Waals surface area contributed by atoms with E-state index in [9.17, 15) is 0 Å². The van der Waals surface area contributed by atoms with Crippen molar-refractivity contribution in [2.75, 3.05) is 5.88 Å². The molecule has 1 N–H and O–H groups in total. The lowest BCUT2D eigenvalue weighted by Crippen LogP contribution is -2.36. The molecule has 0 aliphatic heterocycles. The lowest BCUT2D eigenvalue weighted by molar-refractivity contribution is 0.201. The minimum atomic E-state index is 0.0868. The van der Waals surface area contributed by atoms with E-state index in [2.05, 4.69) is 19.0 Å². The summed E-state index contributed by atoms with van der Waals surface area (Å²) >= 11 is 6.07. The highest BCUT2D eigenvalue weighted by atomic mass is 35.5. The summed E-state index contributed by atoms with van der Waals surface area (Å²) in [4.78, 5) is 0. The lowest BCUT2D eigenvalue weighted by Gasteiger charge is -2.35. The Morgan fingerprint density at radius 2 is 2.31 bits per heavy atom. The summed E-state index contributed by atoms with van der Waals surface area (Å²) < 4.78 is 0. The van der Waals surface area contributed by atoms with Crippen LogP contribution in [0.3, 0.4) is 0 Å². The standard InChI is InChI=1S/C10H14ClNO/c1-9-3-5-6(8(9)12-13)7(5)10(9,2)4-11/h5-7,13H,3-4H2,1-2H3/b12-8+/t5-,6?,7-,9+,10-/m1/s1. The number of halogens is 1. The Hall–Kier alpha value is -0.240. The van der Waals surface area contributed by atoms with Crippen LogP contribution in [0.15, 0.2) is 5.16 Å². The summed E-state index contributed by atoms with van der Waals surface area (Å²) in [6, 6.07) is 0. The Morgan fingerprint density at radius 3 is 2.62 bits per heavy atom. The van der Waals surface area contributed by atoms with Gasteiger partial charge in [-0.05, 0) is 23.7 Å². The van der Waals surface area contributed by atoms with Crippen LogP contribution in [-0.2, 0) is 0 Å². The number of oxime groups is 1. The van der Waals surface area contributed by atoms with Gasteiger partial charge in [0.15, 0.2) is 0 Å². The van der Waals surface area contributed by atoms with E-state index < -0.39 is 0 Å². The maximum absolute atomic E-state index is 9.00. The van der Waals surface area contributed by atoms with E-state index in [4.69, 9.17) is 16.8 Å². The first-order valence-corrected chi connectivity index (χ1v) is 5.42. The second kappa shape index (κ2) is 1.90. The third-order valence-corrected chi connectivity index (χ3v) is 5.63. The molecule has 4 bridgehead atoms. The SMILES string of the molecule is C[C@]12C[C@@H]3C(/C1=N\O)[C@@H]3[C@@]2(C)CCl. The maximum atomic E-state index is 9.00. The zero-order chi connectivity index (χ0) is 9.43. The topological polar surface area (TPSA) is 32.6 Å². The number of hydrogen-bond acceptors (Lipinski definition) is 2. The molecule has 0 aromatic heterocycles. The highest BCUT2D eigenvalue weighted by molar-refractivity contribution is 6.19. The molecule has 0 saturated heterocycles. The normalized spacial score (nSPS) is 64.8. The van der Waals surface area contributed by atoms with Gasteiger partial charge in [0.05, 0.1) is 5.71 Å². The summed E-state index contributed by atoms with van der Waals surface area (Å²) in [7, 11) is 0. The van der Waals surface area contributed by atoms with Crippen LogP contribution in [0.25, 0.3) is 0 Å². The molecule has 0 heterocycles. The average molecular weight is 200 g/mol. The van der Waals surface area contributed by atoms with Gasteiger partial charge in [0, 0.05) is 17.2 Å². The minimum absolute atomic E-state index is 0.0868. The molecule has 4 saturated carbocycles. The van der Waals surface area contributed by atoms with Crippen LogP contribution in [0.4, 0.5) is 0 Å². The Morgan fingerprint density at radius 1 is 1.62 bits per heavy atom. The zero-order valence-corrected chi connectivity index (χ0v) is 8.67. The van der Waals surface area contributed by atoms with E-state index in [1.54, 1.807) is 0 Å². The molecule has 2 nitrogen and oxygen atoms in total. The summed E-state index contributed by atoms with van der Waals surface area (Å²) in [6.07, 6.45) is 1.19. The van der Waals surface area contributed by atoms with Crippen molar-refractivity contribution in [2.45, 2.75) is 20.3 Å². The molecule has 72 valence electrons. The molecule has 13 heavy (non-hydrogen) atoms. The van der Waals surface area contributed by atoms with E-state index in [-0.39, 0.29) is 10.8 Å². The number of alkyl halides is 1. The van der Waals surface area contributed by atoms with E-state index >= 15 is 0 Å². The van der Waals surface area contributed by atoms with E-state index in [1.165, 1.54) is 6.42 Å². The van der Waals surface area contributed by atoms with E-state index in [0.717, 1.165) is 11.6 Å². The minimum Gasteiger partial charge on any atom is -0.411 e.